The third-order valence-corrected chi connectivity index (χ3v) is 4.96. The highest BCUT2D eigenvalue weighted by atomic mass is 16.6. The molecule has 0 aliphatic heterocycles. The maximum absolute atomic E-state index is 11.6. The molecule has 2 N–H and O–H groups in total. The van der Waals surface area contributed by atoms with Crippen LogP contribution in [0.1, 0.15) is 34.7 Å². The summed E-state index contributed by atoms with van der Waals surface area (Å²) >= 11 is 0. The first-order valence-electron chi connectivity index (χ1n) is 8.37. The number of hydrogen-bond donors (Lipinski definition) is 2. The van der Waals surface area contributed by atoms with Gasteiger partial charge in [-0.25, -0.2) is 0 Å². The molecule has 2 aromatic carbocycles. The maximum atomic E-state index is 11.6. The van der Waals surface area contributed by atoms with Crippen LogP contribution in [0, 0.1) is 27.2 Å². The van der Waals surface area contributed by atoms with Gasteiger partial charge in [-0.15, -0.1) is 0 Å². The van der Waals surface area contributed by atoms with E-state index in [1.165, 1.54) is 13.0 Å². The van der Waals surface area contributed by atoms with E-state index in [1.54, 1.807) is 7.11 Å². The van der Waals surface area contributed by atoms with E-state index in [9.17, 15) is 25.3 Å². The fraction of sp³-hybridized carbons (Fsp3) is 0.333. The molecule has 0 fully saturated rings. The zero-order valence-electron chi connectivity index (χ0n) is 14.9. The maximum Gasteiger partial charge on any atom is 0.302 e. The van der Waals surface area contributed by atoms with Gasteiger partial charge < -0.3 is 15.2 Å². The molecule has 3 rings (SSSR count). The minimum absolute atomic E-state index is 0.139. The minimum atomic E-state index is -0.671. The van der Waals surface area contributed by atoms with Gasteiger partial charge in [-0.2, -0.15) is 0 Å². The number of rotatable bonds is 6. The second kappa shape index (κ2) is 7.20. The average Bonchev–Trinajstić information content (AvgIpc) is 3.04. The van der Waals surface area contributed by atoms with Crippen LogP contribution in [0.5, 0.6) is 5.75 Å². The molecule has 1 atom stereocenters. The van der Waals surface area contributed by atoms with Crippen molar-refractivity contribution in [2.75, 3.05) is 12.4 Å². The van der Waals surface area contributed by atoms with Crippen LogP contribution >= 0.6 is 0 Å². The smallest absolute Gasteiger partial charge is 0.302 e. The van der Waals surface area contributed by atoms with E-state index in [0.29, 0.717) is 12.8 Å². The largest absolute Gasteiger partial charge is 0.496 e. The van der Waals surface area contributed by atoms with Gasteiger partial charge in [-0.1, -0.05) is 12.1 Å². The van der Waals surface area contributed by atoms with Crippen molar-refractivity contribution in [1.82, 2.24) is 0 Å². The average molecular weight is 373 g/mol. The van der Waals surface area contributed by atoms with Gasteiger partial charge in [0, 0.05) is 11.6 Å². The lowest BCUT2D eigenvalue weighted by atomic mass is 10.0. The molecule has 27 heavy (non-hydrogen) atoms. The topological polar surface area (TPSA) is 128 Å². The Morgan fingerprint density at radius 1 is 1.30 bits per heavy atom. The van der Waals surface area contributed by atoms with Crippen molar-refractivity contribution in [3.05, 3.63) is 66.7 Å². The Balaban J connectivity index is 2.12. The van der Waals surface area contributed by atoms with E-state index in [4.69, 9.17) is 4.74 Å². The zero-order valence-corrected chi connectivity index (χ0v) is 14.9. The van der Waals surface area contributed by atoms with Gasteiger partial charge in [-0.05, 0) is 42.5 Å². The molecule has 142 valence electrons. The number of aliphatic hydroxyl groups is 1. The molecule has 0 bridgehead atoms. The highest BCUT2D eigenvalue weighted by molar-refractivity contribution is 5.78. The quantitative estimate of drug-likeness (QED) is 0.586. The first kappa shape index (κ1) is 18.6. The minimum Gasteiger partial charge on any atom is -0.496 e. The molecule has 0 aromatic heterocycles. The van der Waals surface area contributed by atoms with E-state index in [2.05, 4.69) is 5.32 Å². The number of nitrogens with one attached hydrogen (secondary N) is 1. The summed E-state index contributed by atoms with van der Waals surface area (Å²) in [5.41, 5.74) is 1.32. The summed E-state index contributed by atoms with van der Waals surface area (Å²) in [6.07, 6.45) is 1.33. The summed E-state index contributed by atoms with van der Waals surface area (Å²) in [6, 6.07) is 6.42. The molecular weight excluding hydrogens is 354 g/mol. The van der Waals surface area contributed by atoms with Gasteiger partial charge in [0.25, 0.3) is 5.69 Å². The van der Waals surface area contributed by atoms with Crippen molar-refractivity contribution >= 4 is 17.1 Å². The molecule has 0 radical (unpaired) electrons. The Bertz CT molecular complexity index is 928. The Morgan fingerprint density at radius 3 is 2.63 bits per heavy atom. The number of methoxy groups -OCH3 is 1. The van der Waals surface area contributed by atoms with E-state index in [-0.39, 0.29) is 28.5 Å². The van der Waals surface area contributed by atoms with Crippen LogP contribution < -0.4 is 10.1 Å². The van der Waals surface area contributed by atoms with Crippen molar-refractivity contribution in [2.45, 2.75) is 32.4 Å². The van der Waals surface area contributed by atoms with E-state index in [0.717, 1.165) is 16.9 Å². The Labute approximate surface area is 154 Å². The van der Waals surface area contributed by atoms with Crippen molar-refractivity contribution in [1.29, 1.82) is 0 Å². The summed E-state index contributed by atoms with van der Waals surface area (Å²) in [6.45, 7) is 0.960. The lowest BCUT2D eigenvalue weighted by Gasteiger charge is -2.18. The number of nitro groups is 2. The van der Waals surface area contributed by atoms with Gasteiger partial charge in [0.1, 0.15) is 5.75 Å². The molecule has 9 heteroatoms. The molecule has 1 aliphatic rings. The van der Waals surface area contributed by atoms with Gasteiger partial charge in [-0.3, -0.25) is 20.2 Å². The normalized spacial score (nSPS) is 15.3. The number of fused-ring (bicyclic) bond motifs is 1. The van der Waals surface area contributed by atoms with Crippen molar-refractivity contribution < 1.29 is 19.7 Å². The van der Waals surface area contributed by atoms with Gasteiger partial charge >= 0.3 is 5.69 Å². The number of hydrogen-bond acceptors (Lipinski definition) is 7. The van der Waals surface area contributed by atoms with Crippen LogP contribution in [0.3, 0.4) is 0 Å². The molecule has 0 heterocycles. The first-order valence-corrected chi connectivity index (χ1v) is 8.37. The second-order valence-corrected chi connectivity index (χ2v) is 6.34. The fourth-order valence-electron chi connectivity index (χ4n) is 3.62. The lowest BCUT2D eigenvalue weighted by Crippen LogP contribution is -2.12. The number of anilines is 1. The van der Waals surface area contributed by atoms with Crippen molar-refractivity contribution in [3.63, 3.8) is 0 Å². The van der Waals surface area contributed by atoms with E-state index < -0.39 is 22.1 Å². The monoisotopic (exact) mass is 373 g/mol. The van der Waals surface area contributed by atoms with Crippen molar-refractivity contribution in [3.8, 4) is 5.75 Å². The molecule has 1 unspecified atom stereocenters. The highest BCUT2D eigenvalue weighted by Crippen LogP contribution is 2.44. The van der Waals surface area contributed by atoms with E-state index in [1.807, 2.05) is 18.2 Å². The summed E-state index contributed by atoms with van der Waals surface area (Å²) in [4.78, 5) is 21.9. The first-order chi connectivity index (χ1) is 12.9. The molecule has 0 saturated carbocycles. The Hall–Kier alpha value is -3.20. The standard InChI is InChI=1S/C18H19N3O6/c1-10-11(9-22)8-15(20(23)24)17(18(10)21(25)26)19-14-7-6-13-12(14)4-3-5-16(13)27-2/h3-5,8,14,19,22H,6-7,9H2,1-2H3. The summed E-state index contributed by atoms with van der Waals surface area (Å²) in [7, 11) is 1.57. The third-order valence-electron chi connectivity index (χ3n) is 4.96. The van der Waals surface area contributed by atoms with Crippen LogP contribution in [0.4, 0.5) is 17.1 Å². The molecule has 0 amide bonds. The zero-order chi connectivity index (χ0) is 19.7. The van der Waals surface area contributed by atoms with Crippen LogP contribution in [-0.2, 0) is 13.0 Å². The number of nitrogens with zero attached hydrogens (tertiary/aromatic N) is 2. The number of benzene rings is 2. The van der Waals surface area contributed by atoms with Crippen LogP contribution in [0.15, 0.2) is 24.3 Å². The SMILES string of the molecule is COc1cccc2c1CCC2Nc1c([N+](=O)[O-])cc(CO)c(C)c1[N+](=O)[O-]. The van der Waals surface area contributed by atoms with Gasteiger partial charge in [0.05, 0.1) is 29.6 Å². The molecule has 0 spiro atoms. The van der Waals surface area contributed by atoms with Gasteiger partial charge in [0.2, 0.25) is 0 Å². The third kappa shape index (κ3) is 3.17. The highest BCUT2D eigenvalue weighted by Gasteiger charge is 2.34. The van der Waals surface area contributed by atoms with Crippen LogP contribution in [0.2, 0.25) is 0 Å². The number of nitro benzene ring substituents is 2. The van der Waals surface area contributed by atoms with Crippen LogP contribution in [0.25, 0.3) is 0 Å². The predicted molar refractivity (Wildman–Crippen MR) is 98.1 cm³/mol. The molecular formula is C18H19N3O6. The molecule has 9 nitrogen and oxygen atoms in total. The Morgan fingerprint density at radius 2 is 2.04 bits per heavy atom. The predicted octanol–water partition coefficient (Wildman–Crippen LogP) is 3.41. The van der Waals surface area contributed by atoms with Crippen LogP contribution in [-0.4, -0.2) is 22.1 Å². The fourth-order valence-corrected chi connectivity index (χ4v) is 3.62. The molecule has 0 saturated heterocycles. The Kier molecular flexibility index (Phi) is 4.95. The van der Waals surface area contributed by atoms with E-state index >= 15 is 0 Å². The summed E-state index contributed by atoms with van der Waals surface area (Å²) in [5.74, 6) is 0.729. The van der Waals surface area contributed by atoms with Crippen molar-refractivity contribution in [2.24, 2.45) is 0 Å². The second-order valence-electron chi connectivity index (χ2n) is 6.34. The number of ether oxygens (including phenoxy) is 1. The lowest BCUT2D eigenvalue weighted by molar-refractivity contribution is -0.392. The number of aliphatic hydroxyl groups excluding tert-OH is 1. The molecule has 1 aliphatic carbocycles. The summed E-state index contributed by atoms with van der Waals surface area (Å²) in [5, 5.41) is 35.6. The molecule has 2 aromatic rings. The van der Waals surface area contributed by atoms with Gasteiger partial charge in [0.15, 0.2) is 5.69 Å². The summed E-state index contributed by atoms with van der Waals surface area (Å²) < 4.78 is 5.36.